The lowest BCUT2D eigenvalue weighted by molar-refractivity contribution is -0.118. The molecular weight excluding hydrogens is 220 g/mol. The highest BCUT2D eigenvalue weighted by Gasteiger charge is 2.17. The highest BCUT2D eigenvalue weighted by atomic mass is 32.2. The van der Waals surface area contributed by atoms with E-state index < -0.39 is 27.5 Å². The summed E-state index contributed by atoms with van der Waals surface area (Å²) < 4.78 is 27.3. The molecule has 1 atom stereocenters. The van der Waals surface area contributed by atoms with Crippen molar-refractivity contribution in [3.8, 4) is 0 Å². The van der Waals surface area contributed by atoms with Crippen LogP contribution in [0.15, 0.2) is 0 Å². The molecule has 0 aliphatic carbocycles. The van der Waals surface area contributed by atoms with Crippen molar-refractivity contribution in [1.82, 2.24) is 5.32 Å². The first-order chi connectivity index (χ1) is 6.87. The molecule has 1 amide bonds. The van der Waals surface area contributed by atoms with Crippen molar-refractivity contribution in [3.63, 3.8) is 0 Å². The van der Waals surface area contributed by atoms with E-state index in [2.05, 4.69) is 5.32 Å². The molecule has 0 aliphatic rings. The number of carbonyl (C=O) groups excluding carboxylic acids is 1. The molecule has 0 heterocycles. The van der Waals surface area contributed by atoms with Gasteiger partial charge >= 0.3 is 0 Å². The minimum absolute atomic E-state index is 0.176. The molecule has 0 aromatic carbocycles. The molecule has 0 saturated heterocycles. The van der Waals surface area contributed by atoms with Crippen LogP contribution < -0.4 is 11.1 Å². The van der Waals surface area contributed by atoms with Crippen LogP contribution in [-0.2, 0) is 19.4 Å². The van der Waals surface area contributed by atoms with Gasteiger partial charge in [0.25, 0.3) is 0 Å². The van der Waals surface area contributed by atoms with Gasteiger partial charge in [0, 0.05) is 19.7 Å². The zero-order valence-electron chi connectivity index (χ0n) is 9.02. The number of nitrogens with two attached hydrogens (primary N) is 1. The van der Waals surface area contributed by atoms with Gasteiger partial charge in [-0.05, 0) is 6.92 Å². The van der Waals surface area contributed by atoms with Crippen LogP contribution in [0.1, 0.15) is 6.92 Å². The molecule has 0 fully saturated rings. The zero-order chi connectivity index (χ0) is 11.9. The van der Waals surface area contributed by atoms with Gasteiger partial charge < -0.3 is 15.8 Å². The molecule has 0 saturated carbocycles. The molecule has 15 heavy (non-hydrogen) atoms. The van der Waals surface area contributed by atoms with Gasteiger partial charge in [-0.25, -0.2) is 8.42 Å². The second-order valence-corrected chi connectivity index (χ2v) is 5.48. The van der Waals surface area contributed by atoms with Gasteiger partial charge in [0.05, 0.1) is 12.4 Å². The van der Waals surface area contributed by atoms with Crippen LogP contribution in [0.3, 0.4) is 0 Å². The third kappa shape index (κ3) is 8.34. The molecule has 0 bridgehead atoms. The second-order valence-electron chi connectivity index (χ2n) is 3.37. The Balaban J connectivity index is 3.95. The summed E-state index contributed by atoms with van der Waals surface area (Å²) in [6, 6.07) is -0.457. The Bertz CT molecular complexity index is 287. The maximum absolute atomic E-state index is 11.3. The Hall–Kier alpha value is -0.660. The fourth-order valence-corrected chi connectivity index (χ4v) is 2.42. The SMILES string of the molecule is COCCNC(=O)CS(=O)(=O)CC(C)N. The predicted octanol–water partition coefficient (Wildman–Crippen LogP) is -1.49. The summed E-state index contributed by atoms with van der Waals surface area (Å²) >= 11 is 0. The van der Waals surface area contributed by atoms with Crippen molar-refractivity contribution in [1.29, 1.82) is 0 Å². The zero-order valence-corrected chi connectivity index (χ0v) is 9.84. The standard InChI is InChI=1S/C8H18N2O4S/c1-7(9)5-15(12,13)6-8(11)10-3-4-14-2/h7H,3-6,9H2,1-2H3,(H,10,11). The van der Waals surface area contributed by atoms with E-state index in [1.54, 1.807) is 6.92 Å². The Kier molecular flexibility index (Phi) is 6.46. The van der Waals surface area contributed by atoms with Crippen molar-refractivity contribution in [2.45, 2.75) is 13.0 Å². The molecule has 6 nitrogen and oxygen atoms in total. The Labute approximate surface area is 90.1 Å². The van der Waals surface area contributed by atoms with E-state index in [4.69, 9.17) is 10.5 Å². The quantitative estimate of drug-likeness (QED) is 0.527. The Morgan fingerprint density at radius 3 is 2.60 bits per heavy atom. The van der Waals surface area contributed by atoms with Crippen LogP contribution in [0.5, 0.6) is 0 Å². The highest BCUT2D eigenvalue weighted by Crippen LogP contribution is 1.92. The van der Waals surface area contributed by atoms with Gasteiger partial charge in [0.1, 0.15) is 5.75 Å². The van der Waals surface area contributed by atoms with Gasteiger partial charge in [-0.1, -0.05) is 0 Å². The number of methoxy groups -OCH3 is 1. The number of hydrogen-bond acceptors (Lipinski definition) is 5. The fourth-order valence-electron chi connectivity index (χ4n) is 1.00. The lowest BCUT2D eigenvalue weighted by Crippen LogP contribution is -2.36. The number of carbonyl (C=O) groups is 1. The predicted molar refractivity (Wildman–Crippen MR) is 57.2 cm³/mol. The number of amides is 1. The Morgan fingerprint density at radius 2 is 2.13 bits per heavy atom. The summed E-state index contributed by atoms with van der Waals surface area (Å²) in [7, 11) is -1.90. The summed E-state index contributed by atoms with van der Waals surface area (Å²) in [5, 5.41) is 2.43. The van der Waals surface area contributed by atoms with Gasteiger partial charge in [-0.15, -0.1) is 0 Å². The molecule has 0 aromatic rings. The van der Waals surface area contributed by atoms with E-state index >= 15 is 0 Å². The highest BCUT2D eigenvalue weighted by molar-refractivity contribution is 7.92. The third-order valence-electron chi connectivity index (χ3n) is 1.50. The van der Waals surface area contributed by atoms with E-state index in [-0.39, 0.29) is 5.75 Å². The summed E-state index contributed by atoms with van der Waals surface area (Å²) in [5.41, 5.74) is 5.35. The Morgan fingerprint density at radius 1 is 1.53 bits per heavy atom. The molecular formula is C8H18N2O4S. The number of ether oxygens (including phenoxy) is 1. The normalized spacial score (nSPS) is 13.5. The van der Waals surface area contributed by atoms with Crippen molar-refractivity contribution in [3.05, 3.63) is 0 Å². The van der Waals surface area contributed by atoms with Crippen LogP contribution in [0, 0.1) is 0 Å². The molecule has 0 radical (unpaired) electrons. The number of rotatable bonds is 7. The van der Waals surface area contributed by atoms with Crippen molar-refractivity contribution in [2.75, 3.05) is 31.8 Å². The van der Waals surface area contributed by atoms with Crippen molar-refractivity contribution in [2.24, 2.45) is 5.73 Å². The minimum Gasteiger partial charge on any atom is -0.383 e. The lowest BCUT2D eigenvalue weighted by Gasteiger charge is -2.07. The van der Waals surface area contributed by atoms with E-state index in [0.717, 1.165) is 0 Å². The smallest absolute Gasteiger partial charge is 0.235 e. The monoisotopic (exact) mass is 238 g/mol. The molecule has 90 valence electrons. The summed E-state index contributed by atoms with van der Waals surface area (Å²) in [6.07, 6.45) is 0. The van der Waals surface area contributed by atoms with Crippen LogP contribution in [0.2, 0.25) is 0 Å². The van der Waals surface area contributed by atoms with Crippen LogP contribution >= 0.6 is 0 Å². The number of hydrogen-bond donors (Lipinski definition) is 2. The average molecular weight is 238 g/mol. The first-order valence-electron chi connectivity index (χ1n) is 4.59. The van der Waals surface area contributed by atoms with Crippen molar-refractivity contribution < 1.29 is 17.9 Å². The summed E-state index contributed by atoms with van der Waals surface area (Å²) in [4.78, 5) is 11.1. The second kappa shape index (κ2) is 6.76. The van der Waals surface area contributed by atoms with Gasteiger partial charge in [0.15, 0.2) is 9.84 Å². The van der Waals surface area contributed by atoms with Gasteiger partial charge in [0.2, 0.25) is 5.91 Å². The molecule has 0 aromatic heterocycles. The fraction of sp³-hybridized carbons (Fsp3) is 0.875. The minimum atomic E-state index is -3.40. The molecule has 0 rings (SSSR count). The van der Waals surface area contributed by atoms with Gasteiger partial charge in [-0.2, -0.15) is 0 Å². The molecule has 0 aliphatic heterocycles. The first-order valence-corrected chi connectivity index (χ1v) is 6.41. The van der Waals surface area contributed by atoms with Crippen LogP contribution in [0.25, 0.3) is 0 Å². The van der Waals surface area contributed by atoms with E-state index in [0.29, 0.717) is 13.2 Å². The lowest BCUT2D eigenvalue weighted by atomic mass is 10.4. The number of sulfone groups is 1. The average Bonchev–Trinajstić information content (AvgIpc) is 2.00. The van der Waals surface area contributed by atoms with E-state index in [1.165, 1.54) is 7.11 Å². The topological polar surface area (TPSA) is 98.5 Å². The summed E-state index contributed by atoms with van der Waals surface area (Å²) in [6.45, 7) is 2.25. The van der Waals surface area contributed by atoms with Crippen molar-refractivity contribution >= 4 is 15.7 Å². The van der Waals surface area contributed by atoms with Crippen LogP contribution in [0.4, 0.5) is 0 Å². The number of nitrogens with one attached hydrogen (secondary N) is 1. The molecule has 1 unspecified atom stereocenters. The molecule has 0 spiro atoms. The largest absolute Gasteiger partial charge is 0.383 e. The molecule has 3 N–H and O–H groups in total. The maximum atomic E-state index is 11.3. The summed E-state index contributed by atoms with van der Waals surface area (Å²) in [5.74, 6) is -1.21. The van der Waals surface area contributed by atoms with Crippen LogP contribution in [-0.4, -0.2) is 52.1 Å². The molecule has 7 heteroatoms. The third-order valence-corrected chi connectivity index (χ3v) is 3.23. The van der Waals surface area contributed by atoms with Gasteiger partial charge in [-0.3, -0.25) is 4.79 Å². The van der Waals surface area contributed by atoms with E-state index in [1.807, 2.05) is 0 Å². The maximum Gasteiger partial charge on any atom is 0.235 e. The first kappa shape index (κ1) is 14.3. The van der Waals surface area contributed by atoms with E-state index in [9.17, 15) is 13.2 Å².